The summed E-state index contributed by atoms with van der Waals surface area (Å²) in [4.78, 5) is 31.4. The van der Waals surface area contributed by atoms with E-state index in [4.69, 9.17) is 19.8 Å². The molecule has 14 heteroatoms. The van der Waals surface area contributed by atoms with Crippen LogP contribution < -0.4 is 9.80 Å². The number of halogens is 6. The minimum absolute atomic E-state index is 0.865. The van der Waals surface area contributed by atoms with E-state index in [0.717, 1.165) is 37.0 Å². The Morgan fingerprint density at radius 2 is 1.48 bits per heavy atom. The predicted molar refractivity (Wildman–Crippen MR) is 105 cm³/mol. The molecule has 8 nitrogen and oxygen atoms in total. The number of hydrogen-bond donors (Lipinski definition) is 2. The Labute approximate surface area is 184 Å². The molecular formula is C19H20F6N4O4. The summed E-state index contributed by atoms with van der Waals surface area (Å²) in [5.41, 5.74) is 2.33. The van der Waals surface area contributed by atoms with Crippen molar-refractivity contribution in [2.75, 3.05) is 29.9 Å². The quantitative estimate of drug-likeness (QED) is 0.595. The Balaban J connectivity index is 0.000000324. The number of alkyl halides is 6. The van der Waals surface area contributed by atoms with Gasteiger partial charge < -0.3 is 20.0 Å². The second-order valence-electron chi connectivity index (χ2n) is 6.57. The first-order chi connectivity index (χ1) is 15.1. The lowest BCUT2D eigenvalue weighted by molar-refractivity contribution is -0.193. The average Bonchev–Trinajstić information content (AvgIpc) is 2.87. The van der Waals surface area contributed by atoms with E-state index in [9.17, 15) is 26.3 Å². The molecule has 3 heterocycles. The molecule has 0 atom stereocenters. The van der Waals surface area contributed by atoms with Gasteiger partial charge in [0.15, 0.2) is 0 Å². The van der Waals surface area contributed by atoms with E-state index < -0.39 is 24.3 Å². The van der Waals surface area contributed by atoms with E-state index in [-0.39, 0.29) is 0 Å². The van der Waals surface area contributed by atoms with Crippen LogP contribution in [0.1, 0.15) is 11.3 Å². The van der Waals surface area contributed by atoms with E-state index in [1.807, 2.05) is 25.3 Å². The molecule has 0 aromatic carbocycles. The molecule has 2 aromatic rings. The molecule has 0 spiro atoms. The highest BCUT2D eigenvalue weighted by Crippen LogP contribution is 2.24. The number of rotatable bonds is 1. The molecule has 3 rings (SSSR count). The van der Waals surface area contributed by atoms with E-state index in [2.05, 4.69) is 45.0 Å². The molecule has 0 radical (unpaired) electrons. The van der Waals surface area contributed by atoms with Crippen LogP contribution >= 0.6 is 0 Å². The van der Waals surface area contributed by atoms with Gasteiger partial charge in [-0.2, -0.15) is 26.3 Å². The zero-order valence-corrected chi connectivity index (χ0v) is 17.4. The number of carboxylic acid groups (broad SMARTS) is 2. The summed E-state index contributed by atoms with van der Waals surface area (Å²) in [7, 11) is 2.10. The summed E-state index contributed by atoms with van der Waals surface area (Å²) in [6.45, 7) is 4.82. The third-order valence-corrected chi connectivity index (χ3v) is 3.98. The molecule has 1 aliphatic heterocycles. The number of carboxylic acids is 2. The maximum Gasteiger partial charge on any atom is 0.490 e. The van der Waals surface area contributed by atoms with Crippen LogP contribution in [0.3, 0.4) is 0 Å². The third-order valence-electron chi connectivity index (χ3n) is 3.98. The van der Waals surface area contributed by atoms with E-state index in [1.165, 1.54) is 5.56 Å². The fraction of sp³-hybridized carbons (Fsp3) is 0.368. The largest absolute Gasteiger partial charge is 0.490 e. The van der Waals surface area contributed by atoms with Gasteiger partial charge in [-0.05, 0) is 25.1 Å². The second kappa shape index (κ2) is 11.3. The fourth-order valence-corrected chi connectivity index (χ4v) is 2.42. The van der Waals surface area contributed by atoms with Crippen molar-refractivity contribution >= 4 is 23.6 Å². The number of aryl methyl sites for hydroxylation is 1. The third kappa shape index (κ3) is 9.21. The maximum atomic E-state index is 10.6. The molecule has 0 amide bonds. The summed E-state index contributed by atoms with van der Waals surface area (Å²) in [6.07, 6.45) is -8.32. The standard InChI is InChI=1S/C15H18N4.2C2HF3O2/c1-12-6-7-13-11-19(14-5-3-4-8-16-14)10-9-18(2)15(13)17-12;2*3-2(4,5)1(6)7/h3-8H,9-11H2,1-2H3;2*(H,6,7). The van der Waals surface area contributed by atoms with Gasteiger partial charge in [-0.25, -0.2) is 19.6 Å². The van der Waals surface area contributed by atoms with Gasteiger partial charge in [0.1, 0.15) is 11.6 Å². The lowest BCUT2D eigenvalue weighted by Crippen LogP contribution is -2.29. The normalized spacial score (nSPS) is 13.5. The van der Waals surface area contributed by atoms with Gasteiger partial charge in [0.2, 0.25) is 0 Å². The molecule has 2 N–H and O–H groups in total. The Bertz CT molecular complexity index is 914. The molecule has 2 aromatic heterocycles. The van der Waals surface area contributed by atoms with Crippen molar-refractivity contribution in [1.82, 2.24) is 9.97 Å². The van der Waals surface area contributed by atoms with Gasteiger partial charge in [0.25, 0.3) is 0 Å². The zero-order valence-electron chi connectivity index (χ0n) is 17.4. The van der Waals surface area contributed by atoms with Crippen LogP contribution in [0.15, 0.2) is 36.5 Å². The van der Waals surface area contributed by atoms with Crippen molar-refractivity contribution in [2.45, 2.75) is 25.8 Å². The molecule has 33 heavy (non-hydrogen) atoms. The number of nitrogens with zero attached hydrogens (tertiary/aromatic N) is 4. The molecule has 0 unspecified atom stereocenters. The first-order valence-electron chi connectivity index (χ1n) is 9.06. The van der Waals surface area contributed by atoms with Crippen molar-refractivity contribution in [3.05, 3.63) is 47.8 Å². The van der Waals surface area contributed by atoms with E-state index >= 15 is 0 Å². The molecular weight excluding hydrogens is 462 g/mol. The van der Waals surface area contributed by atoms with Crippen LogP contribution in [0.5, 0.6) is 0 Å². The molecule has 0 aliphatic carbocycles. The molecule has 0 saturated heterocycles. The zero-order chi connectivity index (χ0) is 25.4. The van der Waals surface area contributed by atoms with Crippen LogP contribution in [0.25, 0.3) is 0 Å². The number of pyridine rings is 2. The number of aromatic nitrogens is 2. The van der Waals surface area contributed by atoms with Gasteiger partial charge in [-0.15, -0.1) is 0 Å². The number of anilines is 2. The topological polar surface area (TPSA) is 107 Å². The van der Waals surface area contributed by atoms with Crippen LogP contribution in [0, 0.1) is 6.92 Å². The predicted octanol–water partition coefficient (Wildman–Crippen LogP) is 3.51. The lowest BCUT2D eigenvalue weighted by Gasteiger charge is -2.21. The Morgan fingerprint density at radius 3 is 1.94 bits per heavy atom. The minimum Gasteiger partial charge on any atom is -0.475 e. The van der Waals surface area contributed by atoms with Gasteiger partial charge in [0.05, 0.1) is 0 Å². The van der Waals surface area contributed by atoms with Crippen molar-refractivity contribution < 1.29 is 46.1 Å². The number of likely N-dealkylation sites (N-methyl/N-ethyl adjacent to an activating group) is 1. The van der Waals surface area contributed by atoms with Crippen LogP contribution in [0.4, 0.5) is 38.0 Å². The maximum absolute atomic E-state index is 10.6. The Hall–Kier alpha value is -3.58. The summed E-state index contributed by atoms with van der Waals surface area (Å²) in [5, 5.41) is 14.2. The molecule has 0 fully saturated rings. The summed E-state index contributed by atoms with van der Waals surface area (Å²) >= 11 is 0. The van der Waals surface area contributed by atoms with Gasteiger partial charge in [-0.3, -0.25) is 0 Å². The van der Waals surface area contributed by atoms with Gasteiger partial charge in [0, 0.05) is 44.1 Å². The Morgan fingerprint density at radius 1 is 0.939 bits per heavy atom. The summed E-state index contributed by atoms with van der Waals surface area (Å²) in [6, 6.07) is 10.3. The van der Waals surface area contributed by atoms with Crippen LogP contribution in [-0.2, 0) is 16.1 Å². The molecule has 1 aliphatic rings. The van der Waals surface area contributed by atoms with E-state index in [1.54, 1.807) is 0 Å². The fourth-order valence-electron chi connectivity index (χ4n) is 2.42. The summed E-state index contributed by atoms with van der Waals surface area (Å²) < 4.78 is 63.5. The first-order valence-corrected chi connectivity index (χ1v) is 9.06. The van der Waals surface area contributed by atoms with Crippen molar-refractivity contribution in [3.8, 4) is 0 Å². The first kappa shape index (κ1) is 27.5. The Kier molecular flexibility index (Phi) is 9.43. The molecule has 0 saturated carbocycles. The summed E-state index contributed by atoms with van der Waals surface area (Å²) in [5.74, 6) is -3.39. The minimum atomic E-state index is -5.08. The highest BCUT2D eigenvalue weighted by molar-refractivity contribution is 5.73. The number of carbonyl (C=O) groups is 2. The van der Waals surface area contributed by atoms with Gasteiger partial charge >= 0.3 is 24.3 Å². The molecule has 0 bridgehead atoms. The highest BCUT2D eigenvalue weighted by atomic mass is 19.4. The smallest absolute Gasteiger partial charge is 0.475 e. The number of fused-ring (bicyclic) bond motifs is 1. The van der Waals surface area contributed by atoms with Gasteiger partial charge in [-0.1, -0.05) is 12.1 Å². The van der Waals surface area contributed by atoms with E-state index in [0.29, 0.717) is 0 Å². The van der Waals surface area contributed by atoms with Crippen molar-refractivity contribution in [3.63, 3.8) is 0 Å². The molecule has 182 valence electrons. The van der Waals surface area contributed by atoms with Crippen molar-refractivity contribution in [1.29, 1.82) is 0 Å². The average molecular weight is 482 g/mol. The van der Waals surface area contributed by atoms with Crippen LogP contribution in [-0.4, -0.2) is 64.6 Å². The SMILES string of the molecule is Cc1ccc2c(n1)N(C)CCN(c1ccccn1)C2.O=C(O)C(F)(F)F.O=C(O)C(F)(F)F. The number of hydrogen-bond acceptors (Lipinski definition) is 6. The second-order valence-corrected chi connectivity index (χ2v) is 6.57. The monoisotopic (exact) mass is 482 g/mol. The number of aliphatic carboxylic acids is 2. The lowest BCUT2D eigenvalue weighted by atomic mass is 10.2. The van der Waals surface area contributed by atoms with Crippen LogP contribution in [0.2, 0.25) is 0 Å². The van der Waals surface area contributed by atoms with Crippen molar-refractivity contribution in [2.24, 2.45) is 0 Å². The highest BCUT2D eigenvalue weighted by Gasteiger charge is 2.38.